The molecule has 0 bridgehead atoms. The first-order chi connectivity index (χ1) is 13.9. The van der Waals surface area contributed by atoms with Crippen LogP contribution in [0.15, 0.2) is 36.8 Å². The van der Waals surface area contributed by atoms with E-state index in [1.54, 1.807) is 24.5 Å². The van der Waals surface area contributed by atoms with Crippen molar-refractivity contribution in [3.05, 3.63) is 41.8 Å². The van der Waals surface area contributed by atoms with Gasteiger partial charge in [0.05, 0.1) is 24.2 Å². The molecule has 4 atom stereocenters. The lowest BCUT2D eigenvalue weighted by atomic mass is 9.70. The zero-order chi connectivity index (χ0) is 20.6. The second-order valence-electron chi connectivity index (χ2n) is 6.78. The number of phosphoric acid groups is 1. The van der Waals surface area contributed by atoms with E-state index in [2.05, 4.69) is 15.0 Å². The summed E-state index contributed by atoms with van der Waals surface area (Å²) in [5.41, 5.74) is 6.84. The molecule has 0 amide bonds. The van der Waals surface area contributed by atoms with Crippen LogP contribution in [-0.2, 0) is 9.09 Å². The predicted molar refractivity (Wildman–Crippen MR) is 105 cm³/mol. The van der Waals surface area contributed by atoms with Gasteiger partial charge in [0, 0.05) is 18.6 Å². The van der Waals surface area contributed by atoms with Gasteiger partial charge in [0.1, 0.15) is 11.3 Å². The van der Waals surface area contributed by atoms with Crippen molar-refractivity contribution in [2.75, 3.05) is 18.9 Å². The van der Waals surface area contributed by atoms with Crippen molar-refractivity contribution < 1.29 is 23.6 Å². The minimum absolute atomic E-state index is 0.0519. The molecule has 4 rings (SSSR count). The molecule has 0 spiro atoms. The Morgan fingerprint density at radius 1 is 1.34 bits per heavy atom. The summed E-state index contributed by atoms with van der Waals surface area (Å²) in [5.74, 6) is -0.148. The lowest BCUT2D eigenvalue weighted by molar-refractivity contribution is -0.00487. The third-order valence-electron chi connectivity index (χ3n) is 5.05. The molecule has 4 N–H and O–H groups in total. The van der Waals surface area contributed by atoms with Crippen LogP contribution >= 0.6 is 19.4 Å². The van der Waals surface area contributed by atoms with Gasteiger partial charge in [-0.3, -0.25) is 9.42 Å². The summed E-state index contributed by atoms with van der Waals surface area (Å²) in [6, 6.07) is 6.24. The zero-order valence-electron chi connectivity index (χ0n) is 15.1. The number of aliphatic hydroxyl groups is 1. The van der Waals surface area contributed by atoms with E-state index in [-0.39, 0.29) is 47.8 Å². The number of imidazole rings is 1. The monoisotopic (exact) mass is 439 g/mol. The van der Waals surface area contributed by atoms with Gasteiger partial charge in [-0.2, -0.15) is 4.98 Å². The minimum atomic E-state index is -4.36. The number of nitrogen functional groups attached to an aromatic ring is 1. The van der Waals surface area contributed by atoms with E-state index >= 15 is 0 Å². The largest absolute Gasteiger partial charge is 0.527 e. The molecular formula is C17H19ClN5O5P. The molecule has 0 saturated heterocycles. The number of hydrogen-bond acceptors (Lipinski definition) is 8. The van der Waals surface area contributed by atoms with Crippen molar-refractivity contribution in [2.45, 2.75) is 12.5 Å². The number of phosphoric ester groups is 1. The third-order valence-corrected chi connectivity index (χ3v) is 6.26. The summed E-state index contributed by atoms with van der Waals surface area (Å²) in [7, 11) is -4.36. The predicted octanol–water partition coefficient (Wildman–Crippen LogP) is 2.43. The Balaban J connectivity index is 1.41. The molecule has 1 aliphatic rings. The molecule has 12 heteroatoms. The molecule has 1 aliphatic carbocycles. The molecule has 10 nitrogen and oxygen atoms in total. The van der Waals surface area contributed by atoms with Crippen LogP contribution < -0.4 is 10.3 Å². The number of hydrogen-bond donors (Lipinski definition) is 3. The molecule has 2 aromatic heterocycles. The van der Waals surface area contributed by atoms with E-state index in [1.165, 1.54) is 12.3 Å². The van der Waals surface area contributed by atoms with Gasteiger partial charge in [-0.25, -0.2) is 14.5 Å². The van der Waals surface area contributed by atoms with Gasteiger partial charge in [-0.05, 0) is 24.5 Å². The Labute approximate surface area is 170 Å². The van der Waals surface area contributed by atoms with Crippen molar-refractivity contribution >= 4 is 36.5 Å². The van der Waals surface area contributed by atoms with Crippen molar-refractivity contribution in [2.24, 2.45) is 11.8 Å². The van der Waals surface area contributed by atoms with Crippen molar-refractivity contribution in [1.29, 1.82) is 0 Å². The number of anilines is 1. The molecule has 0 aliphatic heterocycles. The van der Waals surface area contributed by atoms with Crippen LogP contribution in [0, 0.1) is 11.8 Å². The molecule has 1 aromatic carbocycles. The Morgan fingerprint density at radius 2 is 2.14 bits per heavy atom. The number of halogens is 1. The fourth-order valence-corrected chi connectivity index (χ4v) is 4.57. The first kappa shape index (κ1) is 20.1. The molecule has 1 unspecified atom stereocenters. The number of para-hydroxylation sites is 1. The average Bonchev–Trinajstić information content (AvgIpc) is 3.05. The van der Waals surface area contributed by atoms with Crippen LogP contribution in [0.2, 0.25) is 5.02 Å². The molecular weight excluding hydrogens is 421 g/mol. The number of nitrogens with zero attached hydrogens (tertiary/aromatic N) is 4. The van der Waals surface area contributed by atoms with Gasteiger partial charge >= 0.3 is 7.82 Å². The second-order valence-corrected chi connectivity index (χ2v) is 8.57. The Bertz CT molecular complexity index is 1080. The van der Waals surface area contributed by atoms with Crippen LogP contribution in [0.5, 0.6) is 5.75 Å². The smallest absolute Gasteiger partial charge is 0.403 e. The summed E-state index contributed by atoms with van der Waals surface area (Å²) >= 11 is 5.94. The van der Waals surface area contributed by atoms with E-state index < -0.39 is 7.82 Å². The molecule has 2 heterocycles. The summed E-state index contributed by atoms with van der Waals surface area (Å²) in [4.78, 5) is 22.4. The van der Waals surface area contributed by atoms with Gasteiger partial charge < -0.3 is 19.9 Å². The molecule has 0 radical (unpaired) electrons. The first-order valence-electron chi connectivity index (χ1n) is 8.85. The topological polar surface area (TPSA) is 146 Å². The summed E-state index contributed by atoms with van der Waals surface area (Å²) < 4.78 is 24.3. The Morgan fingerprint density at radius 3 is 2.90 bits per heavy atom. The lowest BCUT2D eigenvalue weighted by Gasteiger charge is -2.44. The highest BCUT2D eigenvalue weighted by molar-refractivity contribution is 7.47. The number of benzene rings is 1. The summed E-state index contributed by atoms with van der Waals surface area (Å²) in [5, 5.41) is 10.0. The first-order valence-corrected chi connectivity index (χ1v) is 10.7. The maximum Gasteiger partial charge on any atom is 0.527 e. The van der Waals surface area contributed by atoms with E-state index in [0.29, 0.717) is 17.6 Å². The lowest BCUT2D eigenvalue weighted by Crippen LogP contribution is -2.42. The standard InChI is InChI=1S/C17H19ClN5O5P/c18-12-3-1-2-4-15(12)28-29(25,26)27-8-10-5-14(11(10)7-24)23-9-21-13-6-20-17(19)22-16(13)23/h1-4,6,9-11,14,24H,5,7-8H2,(H,25,26)(H2,19,20,22)/t10-,11-,14-/m1/s1. The fourth-order valence-electron chi connectivity index (χ4n) is 3.50. The van der Waals surface area contributed by atoms with E-state index in [9.17, 15) is 14.6 Å². The van der Waals surface area contributed by atoms with Crippen LogP contribution in [0.1, 0.15) is 12.5 Å². The van der Waals surface area contributed by atoms with Crippen LogP contribution in [0.4, 0.5) is 5.95 Å². The van der Waals surface area contributed by atoms with Crippen LogP contribution in [0.25, 0.3) is 11.2 Å². The third kappa shape index (κ3) is 4.08. The van der Waals surface area contributed by atoms with Crippen molar-refractivity contribution in [3.63, 3.8) is 0 Å². The summed E-state index contributed by atoms with van der Waals surface area (Å²) in [6.45, 7) is -0.177. The fraction of sp³-hybridized carbons (Fsp3) is 0.353. The van der Waals surface area contributed by atoms with Gasteiger partial charge in [-0.15, -0.1) is 0 Å². The van der Waals surface area contributed by atoms with Gasteiger partial charge in [-0.1, -0.05) is 23.7 Å². The SMILES string of the molecule is Nc1ncc2ncn([C@@H]3C[C@H](COP(=O)(O)Oc4ccccc4Cl)[C@H]3CO)c2n1. The number of aromatic nitrogens is 4. The average molecular weight is 440 g/mol. The van der Waals surface area contributed by atoms with Gasteiger partial charge in [0.15, 0.2) is 5.65 Å². The maximum absolute atomic E-state index is 12.2. The van der Waals surface area contributed by atoms with E-state index in [1.807, 2.05) is 4.57 Å². The number of nitrogens with two attached hydrogens (primary N) is 1. The molecule has 154 valence electrons. The van der Waals surface area contributed by atoms with Crippen molar-refractivity contribution in [1.82, 2.24) is 19.5 Å². The quantitative estimate of drug-likeness (QED) is 0.472. The van der Waals surface area contributed by atoms with Crippen LogP contribution in [0.3, 0.4) is 0 Å². The maximum atomic E-state index is 12.2. The molecule has 29 heavy (non-hydrogen) atoms. The molecule has 1 saturated carbocycles. The number of aliphatic hydroxyl groups excluding tert-OH is 1. The highest BCUT2D eigenvalue weighted by Gasteiger charge is 2.43. The number of fused-ring (bicyclic) bond motifs is 1. The normalized spacial score (nSPS) is 23.5. The van der Waals surface area contributed by atoms with Gasteiger partial charge in [0.25, 0.3) is 0 Å². The van der Waals surface area contributed by atoms with Gasteiger partial charge in [0.2, 0.25) is 5.95 Å². The van der Waals surface area contributed by atoms with E-state index in [4.69, 9.17) is 26.4 Å². The highest BCUT2D eigenvalue weighted by Crippen LogP contribution is 2.50. The van der Waals surface area contributed by atoms with Crippen LogP contribution in [-0.4, -0.2) is 42.7 Å². The van der Waals surface area contributed by atoms with E-state index in [0.717, 1.165) is 0 Å². The minimum Gasteiger partial charge on any atom is -0.403 e. The zero-order valence-corrected chi connectivity index (χ0v) is 16.8. The second kappa shape index (κ2) is 7.89. The Kier molecular flexibility index (Phi) is 5.46. The summed E-state index contributed by atoms with van der Waals surface area (Å²) in [6.07, 6.45) is 3.77. The highest BCUT2D eigenvalue weighted by atomic mass is 35.5. The molecule has 3 aromatic rings. The molecule has 1 fully saturated rings. The Hall–Kier alpha value is -2.23. The van der Waals surface area contributed by atoms with Crippen molar-refractivity contribution in [3.8, 4) is 5.75 Å². The number of rotatable bonds is 7.